The number of oxazole rings is 1. The Hall–Kier alpha value is 0.157. The van der Waals surface area contributed by atoms with Crippen molar-refractivity contribution in [1.29, 1.82) is 0 Å². The molecule has 0 amide bonds. The Morgan fingerprint density at radius 3 is 2.36 bits per heavy atom. The zero-order valence-corrected chi connectivity index (χ0v) is 10.3. The van der Waals surface area contributed by atoms with Crippen LogP contribution in [-0.4, -0.2) is 8.07 Å². The van der Waals surface area contributed by atoms with Crippen LogP contribution in [0.2, 0.25) is 19.6 Å². The molecular formula is C7H14INOSi. The molecule has 2 nitrogen and oxygen atoms in total. The summed E-state index contributed by atoms with van der Waals surface area (Å²) in [6, 6.07) is 0. The molecule has 1 aromatic rings. The minimum atomic E-state index is -0.959. The molecule has 0 aromatic carbocycles. The van der Waals surface area contributed by atoms with E-state index in [9.17, 15) is 0 Å². The molecule has 64 valence electrons. The minimum absolute atomic E-state index is 0. The molecule has 0 aliphatic rings. The lowest BCUT2D eigenvalue weighted by Crippen LogP contribution is -3.00. The Morgan fingerprint density at radius 1 is 1.36 bits per heavy atom. The maximum atomic E-state index is 4.95. The molecule has 0 spiro atoms. The van der Waals surface area contributed by atoms with Gasteiger partial charge in [-0.05, 0) is 0 Å². The van der Waals surface area contributed by atoms with Gasteiger partial charge in [0.25, 0.3) is 0 Å². The lowest BCUT2D eigenvalue weighted by Gasteiger charge is -2.07. The van der Waals surface area contributed by atoms with Gasteiger partial charge in [-0.25, -0.2) is 0 Å². The molecule has 1 rings (SSSR count). The van der Waals surface area contributed by atoms with E-state index in [4.69, 9.17) is 4.42 Å². The summed E-state index contributed by atoms with van der Waals surface area (Å²) in [4.78, 5) is 0. The summed E-state index contributed by atoms with van der Waals surface area (Å²) >= 11 is 0. The molecule has 1 heterocycles. The van der Waals surface area contributed by atoms with Crippen LogP contribution in [0.1, 0.15) is 0 Å². The molecule has 0 aliphatic carbocycles. The van der Waals surface area contributed by atoms with Crippen molar-refractivity contribution in [3.8, 4) is 0 Å². The van der Waals surface area contributed by atoms with Gasteiger partial charge >= 0.3 is 6.39 Å². The van der Waals surface area contributed by atoms with Gasteiger partial charge in [0.1, 0.15) is 14.2 Å². The van der Waals surface area contributed by atoms with E-state index in [0.717, 1.165) is 6.17 Å². The van der Waals surface area contributed by atoms with Gasteiger partial charge in [0.05, 0.1) is 0 Å². The Morgan fingerprint density at radius 2 is 2.00 bits per heavy atom. The predicted octanol–water partition coefficient (Wildman–Crippen LogP) is -1.55. The Bertz CT molecular complexity index is 193. The maximum Gasteiger partial charge on any atom is 0.334 e. The fourth-order valence-corrected chi connectivity index (χ4v) is 2.17. The van der Waals surface area contributed by atoms with E-state index >= 15 is 0 Å². The van der Waals surface area contributed by atoms with E-state index in [-0.39, 0.29) is 24.0 Å². The molecule has 4 heteroatoms. The molecule has 11 heavy (non-hydrogen) atoms. The smallest absolute Gasteiger partial charge is 0.334 e. The van der Waals surface area contributed by atoms with Crippen molar-refractivity contribution in [2.24, 2.45) is 0 Å². The van der Waals surface area contributed by atoms with Crippen LogP contribution in [0.4, 0.5) is 0 Å². The third kappa shape index (κ3) is 4.57. The van der Waals surface area contributed by atoms with E-state index in [1.807, 2.05) is 6.20 Å². The first-order valence-electron chi connectivity index (χ1n) is 3.49. The molecule has 0 radical (unpaired) electrons. The summed E-state index contributed by atoms with van der Waals surface area (Å²) in [6.07, 6.45) is 6.58. The highest BCUT2D eigenvalue weighted by Crippen LogP contribution is 1.98. The number of hydrogen-bond donors (Lipinski definition) is 0. The topological polar surface area (TPSA) is 17.0 Å². The summed E-state index contributed by atoms with van der Waals surface area (Å²) in [5.41, 5.74) is 0. The standard InChI is InChI=1S/C7H14NOSi.HI/c1-10(2,3)7-8-4-5-9-6-8;/h4-6H,7H2,1-3H3;1H/q+1;/p-1. The monoisotopic (exact) mass is 283 g/mol. The van der Waals surface area contributed by atoms with Gasteiger partial charge in [-0.3, -0.25) is 0 Å². The van der Waals surface area contributed by atoms with Crippen molar-refractivity contribution in [1.82, 2.24) is 0 Å². The van der Waals surface area contributed by atoms with Crippen molar-refractivity contribution in [2.75, 3.05) is 0 Å². The van der Waals surface area contributed by atoms with Gasteiger partial charge < -0.3 is 28.4 Å². The minimum Gasteiger partial charge on any atom is -1.00 e. The molecule has 0 bridgehead atoms. The summed E-state index contributed by atoms with van der Waals surface area (Å²) in [7, 11) is -0.959. The average Bonchev–Trinajstić information content (AvgIpc) is 2.12. The van der Waals surface area contributed by atoms with E-state index in [1.165, 1.54) is 0 Å². The number of nitrogens with zero attached hydrogens (tertiary/aromatic N) is 1. The van der Waals surface area contributed by atoms with Gasteiger partial charge in [0, 0.05) is 0 Å². The number of aromatic nitrogens is 1. The van der Waals surface area contributed by atoms with E-state index < -0.39 is 8.07 Å². The second kappa shape index (κ2) is 4.25. The summed E-state index contributed by atoms with van der Waals surface area (Å²) in [6.45, 7) is 7.02. The van der Waals surface area contributed by atoms with Gasteiger partial charge in [0.15, 0.2) is 6.26 Å². The van der Waals surface area contributed by atoms with Gasteiger partial charge in [-0.2, -0.15) is 4.57 Å². The van der Waals surface area contributed by atoms with Crippen molar-refractivity contribution < 1.29 is 33.0 Å². The Balaban J connectivity index is 0.000001000. The lowest BCUT2D eigenvalue weighted by molar-refractivity contribution is -0.683. The first-order chi connectivity index (χ1) is 4.58. The Labute approximate surface area is 85.6 Å². The molecular weight excluding hydrogens is 269 g/mol. The van der Waals surface area contributed by atoms with Crippen LogP contribution in [0, 0.1) is 0 Å². The molecule has 0 saturated carbocycles. The predicted molar refractivity (Wildman–Crippen MR) is 42.2 cm³/mol. The maximum absolute atomic E-state index is 4.95. The van der Waals surface area contributed by atoms with Crippen LogP contribution >= 0.6 is 0 Å². The van der Waals surface area contributed by atoms with E-state index in [2.05, 4.69) is 24.2 Å². The number of halogens is 1. The Kier molecular flexibility index (Phi) is 4.31. The fraction of sp³-hybridized carbons (Fsp3) is 0.571. The summed E-state index contributed by atoms with van der Waals surface area (Å²) in [5, 5.41) is 0. The van der Waals surface area contributed by atoms with Crippen LogP contribution in [0.25, 0.3) is 0 Å². The molecule has 1 aromatic heterocycles. The highest BCUT2D eigenvalue weighted by Gasteiger charge is 2.19. The number of rotatable bonds is 2. The molecule has 0 fully saturated rings. The molecule has 0 N–H and O–H groups in total. The van der Waals surface area contributed by atoms with E-state index in [1.54, 1.807) is 12.7 Å². The van der Waals surface area contributed by atoms with Crippen LogP contribution in [0.5, 0.6) is 0 Å². The average molecular weight is 283 g/mol. The highest BCUT2D eigenvalue weighted by atomic mass is 127. The van der Waals surface area contributed by atoms with Gasteiger partial charge in [-0.1, -0.05) is 19.6 Å². The largest absolute Gasteiger partial charge is 1.00 e. The van der Waals surface area contributed by atoms with E-state index in [0.29, 0.717) is 0 Å². The molecule has 0 unspecified atom stereocenters. The van der Waals surface area contributed by atoms with Crippen molar-refractivity contribution in [3.05, 3.63) is 18.9 Å². The molecule has 0 atom stereocenters. The zero-order valence-electron chi connectivity index (χ0n) is 7.17. The van der Waals surface area contributed by atoms with Gasteiger partial charge in [-0.15, -0.1) is 0 Å². The fourth-order valence-electron chi connectivity index (χ4n) is 0.899. The van der Waals surface area contributed by atoms with Crippen LogP contribution in [0.15, 0.2) is 23.3 Å². The lowest BCUT2D eigenvalue weighted by atomic mass is 10.9. The van der Waals surface area contributed by atoms with Crippen molar-refractivity contribution in [2.45, 2.75) is 25.8 Å². The SMILES string of the molecule is C[Si](C)(C)C[n+]1ccoc1.[I-]. The number of hydrogen-bond acceptors (Lipinski definition) is 1. The molecule has 0 aliphatic heterocycles. The van der Waals surface area contributed by atoms with Gasteiger partial charge in [0.2, 0.25) is 6.20 Å². The van der Waals surface area contributed by atoms with Crippen LogP contribution < -0.4 is 28.5 Å². The second-order valence-electron chi connectivity index (χ2n) is 3.76. The molecule has 0 saturated heterocycles. The summed E-state index contributed by atoms with van der Waals surface area (Å²) in [5.74, 6) is 0. The quantitative estimate of drug-likeness (QED) is 0.365. The zero-order chi connectivity index (χ0) is 7.61. The third-order valence-electron chi connectivity index (χ3n) is 1.18. The first-order valence-corrected chi connectivity index (χ1v) is 7.20. The highest BCUT2D eigenvalue weighted by molar-refractivity contribution is 6.74. The first kappa shape index (κ1) is 11.2. The third-order valence-corrected chi connectivity index (χ3v) is 2.50. The van der Waals surface area contributed by atoms with Crippen LogP contribution in [-0.2, 0) is 6.17 Å². The summed E-state index contributed by atoms with van der Waals surface area (Å²) < 4.78 is 7.05. The van der Waals surface area contributed by atoms with Crippen molar-refractivity contribution in [3.63, 3.8) is 0 Å². The normalized spacial score (nSPS) is 10.8. The van der Waals surface area contributed by atoms with Crippen LogP contribution in [0.3, 0.4) is 0 Å². The van der Waals surface area contributed by atoms with Crippen molar-refractivity contribution >= 4 is 8.07 Å². The second-order valence-corrected chi connectivity index (χ2v) is 9.20.